The number of guanidine groups is 1. The Balaban J connectivity index is 0.00000338. The van der Waals surface area contributed by atoms with Crippen molar-refractivity contribution in [3.05, 3.63) is 22.4 Å². The van der Waals surface area contributed by atoms with Crippen molar-refractivity contribution in [2.24, 2.45) is 4.99 Å². The van der Waals surface area contributed by atoms with Gasteiger partial charge in [-0.15, -0.1) is 35.3 Å². The number of hydrogen-bond donors (Lipinski definition) is 2. The van der Waals surface area contributed by atoms with Gasteiger partial charge in [-0.25, -0.2) is 0 Å². The molecular weight excluding hydrogens is 459 g/mol. The van der Waals surface area contributed by atoms with Gasteiger partial charge in [0.15, 0.2) is 5.96 Å². The van der Waals surface area contributed by atoms with Gasteiger partial charge in [0.25, 0.3) is 0 Å². The topological polar surface area (TPSA) is 48.9 Å². The van der Waals surface area contributed by atoms with Crippen molar-refractivity contribution in [2.45, 2.75) is 45.1 Å². The summed E-state index contributed by atoms with van der Waals surface area (Å²) < 4.78 is 5.60. The number of aliphatic imine (C=N–C) groups is 1. The number of halogens is 1. The molecule has 0 aliphatic carbocycles. The molecule has 7 heteroatoms. The summed E-state index contributed by atoms with van der Waals surface area (Å²) in [6.45, 7) is 8.06. The Bertz CT molecular complexity index is 478. The van der Waals surface area contributed by atoms with Crippen LogP contribution in [0.3, 0.4) is 0 Å². The zero-order valence-electron chi connectivity index (χ0n) is 16.2. The van der Waals surface area contributed by atoms with E-state index >= 15 is 0 Å². The minimum absolute atomic E-state index is 0. The van der Waals surface area contributed by atoms with Crippen molar-refractivity contribution >= 4 is 41.3 Å². The zero-order chi connectivity index (χ0) is 17.7. The van der Waals surface area contributed by atoms with Crippen LogP contribution in [-0.2, 0) is 4.74 Å². The summed E-state index contributed by atoms with van der Waals surface area (Å²) in [6, 6.07) is 4.84. The Hall–Kier alpha value is -0.380. The van der Waals surface area contributed by atoms with Crippen molar-refractivity contribution in [1.82, 2.24) is 15.5 Å². The minimum Gasteiger partial charge on any atom is -0.381 e. The highest BCUT2D eigenvalue weighted by Crippen LogP contribution is 2.27. The quantitative estimate of drug-likeness (QED) is 0.212. The van der Waals surface area contributed by atoms with E-state index in [9.17, 15) is 0 Å². The highest BCUT2D eigenvalue weighted by atomic mass is 127. The third-order valence-electron chi connectivity index (χ3n) is 4.54. The van der Waals surface area contributed by atoms with E-state index in [1.165, 1.54) is 37.2 Å². The molecule has 1 saturated heterocycles. The normalized spacial score (nSPS) is 16.3. The van der Waals surface area contributed by atoms with Gasteiger partial charge < -0.3 is 15.4 Å². The maximum atomic E-state index is 5.60. The van der Waals surface area contributed by atoms with Crippen molar-refractivity contribution in [3.63, 3.8) is 0 Å². The van der Waals surface area contributed by atoms with Gasteiger partial charge in [-0.3, -0.25) is 9.89 Å². The lowest BCUT2D eigenvalue weighted by Gasteiger charge is -2.27. The lowest BCUT2D eigenvalue weighted by atomic mass is 10.2. The molecule has 1 unspecified atom stereocenters. The standard InChI is InChI=1S/C19H34N4OS.HI/c1-3-4-13-24-14-8-10-21-19(20-2)22-16-17(18-9-7-15-25-18)23-11-5-6-12-23;/h7,9,15,17H,3-6,8,10-14,16H2,1-2H3,(H2,20,21,22);1H. The lowest BCUT2D eigenvalue weighted by molar-refractivity contribution is 0.129. The number of hydrogen-bond acceptors (Lipinski definition) is 4. The summed E-state index contributed by atoms with van der Waals surface area (Å²) in [5.74, 6) is 0.884. The second kappa shape index (κ2) is 14.6. The summed E-state index contributed by atoms with van der Waals surface area (Å²) in [5, 5.41) is 9.07. The summed E-state index contributed by atoms with van der Waals surface area (Å²) >= 11 is 1.85. The molecule has 0 aromatic carbocycles. The van der Waals surface area contributed by atoms with E-state index in [-0.39, 0.29) is 24.0 Å². The van der Waals surface area contributed by atoms with Crippen LogP contribution in [0.1, 0.15) is 49.9 Å². The Labute approximate surface area is 180 Å². The second-order valence-electron chi connectivity index (χ2n) is 6.47. The number of thiophene rings is 1. The van der Waals surface area contributed by atoms with Gasteiger partial charge in [0.1, 0.15) is 0 Å². The summed E-state index contributed by atoms with van der Waals surface area (Å²) in [7, 11) is 1.84. The third-order valence-corrected chi connectivity index (χ3v) is 5.51. The molecule has 26 heavy (non-hydrogen) atoms. The Morgan fingerprint density at radius 3 is 2.69 bits per heavy atom. The molecule has 2 rings (SSSR count). The second-order valence-corrected chi connectivity index (χ2v) is 7.45. The van der Waals surface area contributed by atoms with E-state index < -0.39 is 0 Å². The van der Waals surface area contributed by atoms with Crippen LogP contribution in [-0.4, -0.2) is 57.3 Å². The van der Waals surface area contributed by atoms with Crippen LogP contribution >= 0.6 is 35.3 Å². The van der Waals surface area contributed by atoms with E-state index in [4.69, 9.17) is 4.74 Å². The maximum Gasteiger partial charge on any atom is 0.191 e. The highest BCUT2D eigenvalue weighted by molar-refractivity contribution is 14.0. The van der Waals surface area contributed by atoms with Crippen molar-refractivity contribution in [1.29, 1.82) is 0 Å². The first-order valence-electron chi connectivity index (χ1n) is 9.65. The minimum atomic E-state index is 0. The molecule has 0 bridgehead atoms. The van der Waals surface area contributed by atoms with E-state index in [1.54, 1.807) is 0 Å². The number of ether oxygens (including phenoxy) is 1. The van der Waals surface area contributed by atoms with Gasteiger partial charge in [-0.05, 0) is 50.2 Å². The molecule has 1 aromatic rings. The lowest BCUT2D eigenvalue weighted by Crippen LogP contribution is -2.42. The molecule has 2 N–H and O–H groups in total. The van der Waals surface area contributed by atoms with Gasteiger partial charge in [-0.2, -0.15) is 0 Å². The Morgan fingerprint density at radius 2 is 2.04 bits per heavy atom. The molecule has 0 amide bonds. The van der Waals surface area contributed by atoms with Gasteiger partial charge in [-0.1, -0.05) is 19.4 Å². The van der Waals surface area contributed by atoms with Crippen LogP contribution in [0.25, 0.3) is 0 Å². The molecular formula is C19H35IN4OS. The average molecular weight is 494 g/mol. The van der Waals surface area contributed by atoms with Crippen LogP contribution in [0.2, 0.25) is 0 Å². The first-order valence-corrected chi connectivity index (χ1v) is 10.5. The fourth-order valence-electron chi connectivity index (χ4n) is 3.09. The van der Waals surface area contributed by atoms with Crippen LogP contribution in [0.15, 0.2) is 22.5 Å². The average Bonchev–Trinajstić information content (AvgIpc) is 3.33. The summed E-state index contributed by atoms with van der Waals surface area (Å²) in [4.78, 5) is 8.38. The molecule has 1 fully saturated rings. The maximum absolute atomic E-state index is 5.60. The number of nitrogens with one attached hydrogen (secondary N) is 2. The molecule has 0 radical (unpaired) electrons. The summed E-state index contributed by atoms with van der Waals surface area (Å²) in [5.41, 5.74) is 0. The molecule has 0 spiro atoms. The van der Waals surface area contributed by atoms with Gasteiger partial charge >= 0.3 is 0 Å². The van der Waals surface area contributed by atoms with E-state index in [0.717, 1.165) is 45.1 Å². The number of rotatable bonds is 11. The Morgan fingerprint density at radius 1 is 1.27 bits per heavy atom. The van der Waals surface area contributed by atoms with E-state index in [2.05, 4.69) is 45.0 Å². The highest BCUT2D eigenvalue weighted by Gasteiger charge is 2.24. The molecule has 150 valence electrons. The molecule has 5 nitrogen and oxygen atoms in total. The number of likely N-dealkylation sites (tertiary alicyclic amines) is 1. The number of nitrogens with zero attached hydrogens (tertiary/aromatic N) is 2. The Kier molecular flexibility index (Phi) is 13.3. The van der Waals surface area contributed by atoms with E-state index in [0.29, 0.717) is 6.04 Å². The predicted molar refractivity (Wildman–Crippen MR) is 123 cm³/mol. The van der Waals surface area contributed by atoms with Gasteiger partial charge in [0.2, 0.25) is 0 Å². The largest absolute Gasteiger partial charge is 0.381 e. The van der Waals surface area contributed by atoms with Gasteiger partial charge in [0, 0.05) is 38.2 Å². The monoisotopic (exact) mass is 494 g/mol. The molecule has 1 aliphatic heterocycles. The predicted octanol–water partition coefficient (Wildman–Crippen LogP) is 3.87. The molecule has 0 saturated carbocycles. The van der Waals surface area contributed by atoms with Crippen molar-refractivity contribution in [2.75, 3.05) is 46.4 Å². The van der Waals surface area contributed by atoms with Crippen LogP contribution in [0.4, 0.5) is 0 Å². The fraction of sp³-hybridized carbons (Fsp3) is 0.737. The number of unbranched alkanes of at least 4 members (excludes halogenated alkanes) is 1. The SMILES string of the molecule is CCCCOCCCNC(=NC)NCC(c1cccs1)N1CCCC1.I. The van der Waals surface area contributed by atoms with Crippen LogP contribution < -0.4 is 10.6 Å². The van der Waals surface area contributed by atoms with Gasteiger partial charge in [0.05, 0.1) is 6.04 Å². The first-order chi connectivity index (χ1) is 12.3. The molecule has 1 aromatic heterocycles. The fourth-order valence-corrected chi connectivity index (χ4v) is 3.95. The van der Waals surface area contributed by atoms with Crippen LogP contribution in [0, 0.1) is 0 Å². The zero-order valence-corrected chi connectivity index (χ0v) is 19.4. The molecule has 1 aliphatic rings. The third kappa shape index (κ3) is 8.54. The van der Waals surface area contributed by atoms with Crippen molar-refractivity contribution < 1.29 is 4.74 Å². The van der Waals surface area contributed by atoms with Crippen LogP contribution in [0.5, 0.6) is 0 Å². The van der Waals surface area contributed by atoms with Crippen molar-refractivity contribution in [3.8, 4) is 0 Å². The first kappa shape index (κ1) is 23.7. The van der Waals surface area contributed by atoms with E-state index in [1.807, 2.05) is 18.4 Å². The molecule has 2 heterocycles. The smallest absolute Gasteiger partial charge is 0.191 e. The molecule has 1 atom stereocenters. The summed E-state index contributed by atoms with van der Waals surface area (Å²) in [6.07, 6.45) is 5.97.